The lowest BCUT2D eigenvalue weighted by Crippen LogP contribution is -2.25. The highest BCUT2D eigenvalue weighted by Crippen LogP contribution is 2.33. The molecule has 1 aliphatic rings. The Kier molecular flexibility index (Phi) is 3.80. The maximum absolute atomic E-state index is 5.87. The second-order valence-corrected chi connectivity index (χ2v) is 4.08. The van der Waals surface area contributed by atoms with Crippen molar-refractivity contribution in [1.29, 1.82) is 0 Å². The first-order valence-corrected chi connectivity index (χ1v) is 5.63. The Morgan fingerprint density at radius 1 is 1.47 bits per heavy atom. The normalized spacial score (nSPS) is 27.9. The summed E-state index contributed by atoms with van der Waals surface area (Å²) in [5, 5.41) is 0. The molecule has 1 fully saturated rings. The van der Waals surface area contributed by atoms with Gasteiger partial charge in [0.05, 0.1) is 13.2 Å². The number of terminal acetylenes is 1. The lowest BCUT2D eigenvalue weighted by atomic mass is 10.1. The molecule has 0 radical (unpaired) electrons. The fourth-order valence-electron chi connectivity index (χ4n) is 1.86. The smallest absolute Gasteiger partial charge is 0.192 e. The standard InChI is InChI=1S/C14H16O3/c1-3-9-15-10-13-11-16-14(2,17-13)12-7-5-4-6-8-12/h1,4-8,13H,9-11H2,2H3/t13-,14+/m1/s1. The van der Waals surface area contributed by atoms with E-state index in [1.165, 1.54) is 0 Å². The van der Waals surface area contributed by atoms with Crippen LogP contribution in [0.3, 0.4) is 0 Å². The largest absolute Gasteiger partial charge is 0.366 e. The molecular weight excluding hydrogens is 216 g/mol. The Labute approximate surface area is 102 Å². The molecule has 17 heavy (non-hydrogen) atoms. The van der Waals surface area contributed by atoms with E-state index in [0.29, 0.717) is 19.8 Å². The minimum Gasteiger partial charge on any atom is -0.366 e. The zero-order valence-corrected chi connectivity index (χ0v) is 9.89. The predicted octanol–water partition coefficient (Wildman–Crippen LogP) is 1.92. The average molecular weight is 232 g/mol. The van der Waals surface area contributed by atoms with Crippen LogP contribution >= 0.6 is 0 Å². The third-order valence-corrected chi connectivity index (χ3v) is 2.72. The van der Waals surface area contributed by atoms with Gasteiger partial charge in [0.15, 0.2) is 5.79 Å². The minimum absolute atomic E-state index is 0.0615. The van der Waals surface area contributed by atoms with Gasteiger partial charge in [-0.2, -0.15) is 0 Å². The van der Waals surface area contributed by atoms with Crippen molar-refractivity contribution in [3.05, 3.63) is 35.9 Å². The number of ether oxygens (including phenoxy) is 3. The number of benzene rings is 1. The van der Waals surface area contributed by atoms with Gasteiger partial charge >= 0.3 is 0 Å². The summed E-state index contributed by atoms with van der Waals surface area (Å²) in [6.07, 6.45) is 5.05. The van der Waals surface area contributed by atoms with Gasteiger partial charge in [-0.15, -0.1) is 6.42 Å². The molecule has 0 saturated carbocycles. The van der Waals surface area contributed by atoms with E-state index in [9.17, 15) is 0 Å². The molecule has 0 spiro atoms. The van der Waals surface area contributed by atoms with Gasteiger partial charge in [0.1, 0.15) is 12.7 Å². The van der Waals surface area contributed by atoms with Crippen molar-refractivity contribution >= 4 is 0 Å². The molecule has 1 aromatic rings. The number of hydrogen-bond acceptors (Lipinski definition) is 3. The van der Waals surface area contributed by atoms with Crippen LogP contribution in [0, 0.1) is 12.3 Å². The fraction of sp³-hybridized carbons (Fsp3) is 0.429. The number of rotatable bonds is 4. The molecule has 2 rings (SSSR count). The molecule has 0 bridgehead atoms. The molecule has 1 heterocycles. The Hall–Kier alpha value is -1.34. The van der Waals surface area contributed by atoms with Crippen LogP contribution in [-0.2, 0) is 20.0 Å². The zero-order valence-electron chi connectivity index (χ0n) is 9.89. The quantitative estimate of drug-likeness (QED) is 0.586. The van der Waals surface area contributed by atoms with Crippen LogP contribution in [0.2, 0.25) is 0 Å². The van der Waals surface area contributed by atoms with E-state index in [1.54, 1.807) is 0 Å². The van der Waals surface area contributed by atoms with Crippen LogP contribution in [0.15, 0.2) is 30.3 Å². The molecule has 0 aromatic heterocycles. The van der Waals surface area contributed by atoms with E-state index in [1.807, 2.05) is 37.3 Å². The number of hydrogen-bond donors (Lipinski definition) is 0. The summed E-state index contributed by atoms with van der Waals surface area (Å²) in [5.41, 5.74) is 1.01. The molecule has 3 heteroatoms. The highest BCUT2D eigenvalue weighted by atomic mass is 16.7. The van der Waals surface area contributed by atoms with Crippen molar-refractivity contribution < 1.29 is 14.2 Å². The Morgan fingerprint density at radius 2 is 2.24 bits per heavy atom. The van der Waals surface area contributed by atoms with Gasteiger partial charge in [-0.1, -0.05) is 36.3 Å². The molecule has 0 N–H and O–H groups in total. The highest BCUT2D eigenvalue weighted by Gasteiger charge is 2.38. The van der Waals surface area contributed by atoms with E-state index >= 15 is 0 Å². The van der Waals surface area contributed by atoms with Crippen LogP contribution in [0.25, 0.3) is 0 Å². The Bertz CT molecular complexity index is 396. The van der Waals surface area contributed by atoms with Gasteiger partial charge in [0.2, 0.25) is 0 Å². The zero-order chi connectivity index (χ0) is 12.1. The van der Waals surface area contributed by atoms with Gasteiger partial charge in [0, 0.05) is 5.56 Å². The monoisotopic (exact) mass is 232 g/mol. The van der Waals surface area contributed by atoms with Crippen LogP contribution in [0.4, 0.5) is 0 Å². The van der Waals surface area contributed by atoms with Crippen molar-refractivity contribution in [3.63, 3.8) is 0 Å². The molecule has 90 valence electrons. The van der Waals surface area contributed by atoms with Crippen molar-refractivity contribution in [2.75, 3.05) is 19.8 Å². The summed E-state index contributed by atoms with van der Waals surface area (Å²) in [4.78, 5) is 0. The lowest BCUT2D eigenvalue weighted by Gasteiger charge is -2.23. The van der Waals surface area contributed by atoms with Crippen molar-refractivity contribution in [2.24, 2.45) is 0 Å². The van der Waals surface area contributed by atoms with Gasteiger partial charge < -0.3 is 14.2 Å². The summed E-state index contributed by atoms with van der Waals surface area (Å²) in [5.74, 6) is 1.75. The minimum atomic E-state index is -0.675. The molecule has 1 aromatic carbocycles. The summed E-state index contributed by atoms with van der Waals surface area (Å²) in [6, 6.07) is 9.88. The highest BCUT2D eigenvalue weighted by molar-refractivity contribution is 5.20. The van der Waals surface area contributed by atoms with E-state index in [0.717, 1.165) is 5.56 Å². The van der Waals surface area contributed by atoms with E-state index in [4.69, 9.17) is 20.6 Å². The van der Waals surface area contributed by atoms with Crippen molar-refractivity contribution in [2.45, 2.75) is 18.8 Å². The third kappa shape index (κ3) is 2.86. The second-order valence-electron chi connectivity index (χ2n) is 4.08. The molecule has 3 nitrogen and oxygen atoms in total. The average Bonchev–Trinajstić information content (AvgIpc) is 2.74. The SMILES string of the molecule is C#CCOC[C@@H]1CO[C@](C)(c2ccccc2)O1. The van der Waals surface area contributed by atoms with Crippen LogP contribution in [0.1, 0.15) is 12.5 Å². The molecule has 1 aliphatic heterocycles. The molecule has 0 amide bonds. The first-order chi connectivity index (χ1) is 8.24. The molecular formula is C14H16O3. The summed E-state index contributed by atoms with van der Waals surface area (Å²) in [7, 11) is 0. The molecule has 1 saturated heterocycles. The van der Waals surface area contributed by atoms with Crippen molar-refractivity contribution in [3.8, 4) is 12.3 Å². The summed E-state index contributed by atoms with van der Waals surface area (Å²) < 4.78 is 16.8. The van der Waals surface area contributed by atoms with E-state index < -0.39 is 5.79 Å². The third-order valence-electron chi connectivity index (χ3n) is 2.72. The second kappa shape index (κ2) is 5.33. The van der Waals surface area contributed by atoms with Crippen molar-refractivity contribution in [1.82, 2.24) is 0 Å². The summed E-state index contributed by atoms with van der Waals surface area (Å²) in [6.45, 7) is 3.22. The Morgan fingerprint density at radius 3 is 2.94 bits per heavy atom. The fourth-order valence-corrected chi connectivity index (χ4v) is 1.86. The van der Waals surface area contributed by atoms with Crippen LogP contribution < -0.4 is 0 Å². The first kappa shape index (κ1) is 12.1. The van der Waals surface area contributed by atoms with Gasteiger partial charge in [-0.25, -0.2) is 0 Å². The van der Waals surface area contributed by atoms with E-state index in [-0.39, 0.29) is 6.10 Å². The van der Waals surface area contributed by atoms with E-state index in [2.05, 4.69) is 5.92 Å². The lowest BCUT2D eigenvalue weighted by molar-refractivity contribution is -0.166. The maximum atomic E-state index is 5.87. The topological polar surface area (TPSA) is 27.7 Å². The van der Waals surface area contributed by atoms with Crippen LogP contribution in [0.5, 0.6) is 0 Å². The maximum Gasteiger partial charge on any atom is 0.192 e. The van der Waals surface area contributed by atoms with Gasteiger partial charge in [-0.3, -0.25) is 0 Å². The van der Waals surface area contributed by atoms with Gasteiger partial charge in [-0.05, 0) is 6.92 Å². The molecule has 0 unspecified atom stereocenters. The van der Waals surface area contributed by atoms with Crippen LogP contribution in [-0.4, -0.2) is 25.9 Å². The summed E-state index contributed by atoms with van der Waals surface area (Å²) >= 11 is 0. The molecule has 0 aliphatic carbocycles. The Balaban J connectivity index is 1.94. The van der Waals surface area contributed by atoms with Gasteiger partial charge in [0.25, 0.3) is 0 Å². The first-order valence-electron chi connectivity index (χ1n) is 5.63. The predicted molar refractivity (Wildman–Crippen MR) is 64.3 cm³/mol. The molecule has 2 atom stereocenters.